The Morgan fingerprint density at radius 3 is 2.27 bits per heavy atom. The third-order valence-corrected chi connectivity index (χ3v) is 4.43. The number of rotatable bonds is 2. The summed E-state index contributed by atoms with van der Waals surface area (Å²) in [7, 11) is 0. The number of aliphatic hydroxyl groups is 1. The van der Waals surface area contributed by atoms with Crippen molar-refractivity contribution in [2.24, 2.45) is 11.8 Å². The SMILES string of the molecule is CC(C)C1CCC2(CC1)CC[C@@H](CO)O2. The van der Waals surface area contributed by atoms with Crippen LogP contribution in [0.25, 0.3) is 0 Å². The highest BCUT2D eigenvalue weighted by Crippen LogP contribution is 2.45. The lowest BCUT2D eigenvalue weighted by molar-refractivity contribution is -0.0869. The normalized spacial score (nSPS) is 41.6. The predicted molar refractivity (Wildman–Crippen MR) is 60.7 cm³/mol. The molecule has 15 heavy (non-hydrogen) atoms. The second-order valence-electron chi connectivity index (χ2n) is 5.73. The maximum atomic E-state index is 9.10. The molecule has 0 aromatic carbocycles. The molecule has 1 saturated heterocycles. The highest BCUT2D eigenvalue weighted by Gasteiger charge is 2.42. The van der Waals surface area contributed by atoms with E-state index in [4.69, 9.17) is 9.84 Å². The second kappa shape index (κ2) is 4.42. The Hall–Kier alpha value is -0.0800. The fourth-order valence-corrected chi connectivity index (χ4v) is 3.22. The molecule has 2 rings (SSSR count). The monoisotopic (exact) mass is 212 g/mol. The third kappa shape index (κ3) is 2.36. The molecule has 1 aliphatic heterocycles. The van der Waals surface area contributed by atoms with E-state index < -0.39 is 0 Å². The first-order chi connectivity index (χ1) is 7.15. The zero-order chi connectivity index (χ0) is 10.9. The number of hydrogen-bond acceptors (Lipinski definition) is 2. The van der Waals surface area contributed by atoms with Gasteiger partial charge in [0, 0.05) is 0 Å². The second-order valence-corrected chi connectivity index (χ2v) is 5.73. The van der Waals surface area contributed by atoms with Gasteiger partial charge in [0.05, 0.1) is 18.3 Å². The summed E-state index contributed by atoms with van der Waals surface area (Å²) < 4.78 is 6.02. The van der Waals surface area contributed by atoms with Gasteiger partial charge in [0.1, 0.15) is 0 Å². The van der Waals surface area contributed by atoms with E-state index in [0.717, 1.165) is 18.3 Å². The van der Waals surface area contributed by atoms with Crippen LogP contribution in [0, 0.1) is 11.8 Å². The molecule has 1 aliphatic carbocycles. The van der Waals surface area contributed by atoms with E-state index in [1.54, 1.807) is 0 Å². The smallest absolute Gasteiger partial charge is 0.0814 e. The van der Waals surface area contributed by atoms with Crippen molar-refractivity contribution in [3.05, 3.63) is 0 Å². The third-order valence-electron chi connectivity index (χ3n) is 4.43. The molecule has 0 bridgehead atoms. The van der Waals surface area contributed by atoms with Gasteiger partial charge in [-0.05, 0) is 50.4 Å². The summed E-state index contributed by atoms with van der Waals surface area (Å²) in [5, 5.41) is 9.10. The van der Waals surface area contributed by atoms with E-state index in [-0.39, 0.29) is 18.3 Å². The van der Waals surface area contributed by atoms with Crippen LogP contribution in [0.2, 0.25) is 0 Å². The van der Waals surface area contributed by atoms with Crippen LogP contribution in [0.15, 0.2) is 0 Å². The van der Waals surface area contributed by atoms with Gasteiger partial charge in [0.25, 0.3) is 0 Å². The summed E-state index contributed by atoms with van der Waals surface area (Å²) >= 11 is 0. The molecule has 1 saturated carbocycles. The first kappa shape index (κ1) is 11.4. The minimum Gasteiger partial charge on any atom is -0.394 e. The molecule has 0 amide bonds. The molecule has 2 aliphatic rings. The lowest BCUT2D eigenvalue weighted by Crippen LogP contribution is -2.35. The molecule has 0 radical (unpaired) electrons. The zero-order valence-electron chi connectivity index (χ0n) is 10.0. The van der Waals surface area contributed by atoms with E-state index in [0.29, 0.717) is 0 Å². The summed E-state index contributed by atoms with van der Waals surface area (Å²) in [5.74, 6) is 1.71. The first-order valence-corrected chi connectivity index (χ1v) is 6.44. The Bertz CT molecular complexity index is 205. The van der Waals surface area contributed by atoms with E-state index in [2.05, 4.69) is 13.8 Å². The molecule has 88 valence electrons. The largest absolute Gasteiger partial charge is 0.394 e. The zero-order valence-corrected chi connectivity index (χ0v) is 10.0. The first-order valence-electron chi connectivity index (χ1n) is 6.44. The lowest BCUT2D eigenvalue weighted by atomic mass is 9.73. The number of ether oxygens (including phenoxy) is 1. The Kier molecular flexibility index (Phi) is 3.36. The number of aliphatic hydroxyl groups excluding tert-OH is 1. The topological polar surface area (TPSA) is 29.5 Å². The molecule has 2 fully saturated rings. The van der Waals surface area contributed by atoms with Gasteiger partial charge in [-0.25, -0.2) is 0 Å². The van der Waals surface area contributed by atoms with E-state index >= 15 is 0 Å². The van der Waals surface area contributed by atoms with Gasteiger partial charge < -0.3 is 9.84 Å². The summed E-state index contributed by atoms with van der Waals surface area (Å²) in [4.78, 5) is 0. The highest BCUT2D eigenvalue weighted by atomic mass is 16.5. The fraction of sp³-hybridized carbons (Fsp3) is 1.00. The maximum Gasteiger partial charge on any atom is 0.0814 e. The molecule has 2 nitrogen and oxygen atoms in total. The molecule has 1 atom stereocenters. The average molecular weight is 212 g/mol. The molecule has 0 aromatic rings. The van der Waals surface area contributed by atoms with Gasteiger partial charge in [0.2, 0.25) is 0 Å². The van der Waals surface area contributed by atoms with Crippen molar-refractivity contribution in [2.45, 2.75) is 64.1 Å². The van der Waals surface area contributed by atoms with Crippen molar-refractivity contribution in [3.8, 4) is 0 Å². The van der Waals surface area contributed by atoms with E-state index in [9.17, 15) is 0 Å². The summed E-state index contributed by atoms with van der Waals surface area (Å²) in [6, 6.07) is 0. The van der Waals surface area contributed by atoms with Gasteiger partial charge in [-0.15, -0.1) is 0 Å². The molecule has 1 spiro atoms. The summed E-state index contributed by atoms with van der Waals surface area (Å²) in [5.41, 5.74) is 0.152. The van der Waals surface area contributed by atoms with Gasteiger partial charge in [0.15, 0.2) is 0 Å². The van der Waals surface area contributed by atoms with Crippen molar-refractivity contribution >= 4 is 0 Å². The predicted octanol–water partition coefficient (Wildman–Crippen LogP) is 2.74. The van der Waals surface area contributed by atoms with Crippen LogP contribution in [0.5, 0.6) is 0 Å². The quantitative estimate of drug-likeness (QED) is 0.762. The standard InChI is InChI=1S/C13H24O2/c1-10(2)11-3-6-13(7-4-11)8-5-12(9-14)15-13/h10-12,14H,3-9H2,1-2H3/t11?,12-,13?/m0/s1. The molecule has 0 unspecified atom stereocenters. The molecule has 1 heterocycles. The molecule has 2 heteroatoms. The van der Waals surface area contributed by atoms with Gasteiger partial charge in [-0.2, -0.15) is 0 Å². The molecular weight excluding hydrogens is 188 g/mol. The molecular formula is C13H24O2. The van der Waals surface area contributed by atoms with E-state index in [1.165, 1.54) is 32.1 Å². The Labute approximate surface area is 93.0 Å². The van der Waals surface area contributed by atoms with Gasteiger partial charge in [-0.1, -0.05) is 13.8 Å². The van der Waals surface area contributed by atoms with Crippen molar-refractivity contribution in [1.29, 1.82) is 0 Å². The van der Waals surface area contributed by atoms with Crippen LogP contribution in [0.1, 0.15) is 52.4 Å². The Balaban J connectivity index is 1.87. The van der Waals surface area contributed by atoms with Gasteiger partial charge in [-0.3, -0.25) is 0 Å². The van der Waals surface area contributed by atoms with Crippen LogP contribution in [-0.4, -0.2) is 23.4 Å². The molecule has 0 aromatic heterocycles. The molecule has 1 N–H and O–H groups in total. The minimum atomic E-state index is 0.126. The van der Waals surface area contributed by atoms with Crippen LogP contribution in [0.3, 0.4) is 0 Å². The van der Waals surface area contributed by atoms with Crippen molar-refractivity contribution in [3.63, 3.8) is 0 Å². The van der Waals surface area contributed by atoms with Crippen molar-refractivity contribution < 1.29 is 9.84 Å². The Morgan fingerprint density at radius 1 is 1.20 bits per heavy atom. The summed E-state index contributed by atoms with van der Waals surface area (Å²) in [6.07, 6.45) is 7.41. The number of hydrogen-bond donors (Lipinski definition) is 1. The fourth-order valence-electron chi connectivity index (χ4n) is 3.22. The summed E-state index contributed by atoms with van der Waals surface area (Å²) in [6.45, 7) is 4.86. The van der Waals surface area contributed by atoms with Gasteiger partial charge >= 0.3 is 0 Å². The average Bonchev–Trinajstić information content (AvgIpc) is 2.62. The maximum absolute atomic E-state index is 9.10. The Morgan fingerprint density at radius 2 is 1.80 bits per heavy atom. The van der Waals surface area contributed by atoms with Crippen LogP contribution >= 0.6 is 0 Å². The van der Waals surface area contributed by atoms with Crippen LogP contribution in [-0.2, 0) is 4.74 Å². The lowest BCUT2D eigenvalue weighted by Gasteiger charge is -2.38. The van der Waals surface area contributed by atoms with Crippen LogP contribution < -0.4 is 0 Å². The van der Waals surface area contributed by atoms with E-state index in [1.807, 2.05) is 0 Å². The minimum absolute atomic E-state index is 0.126. The van der Waals surface area contributed by atoms with Crippen LogP contribution in [0.4, 0.5) is 0 Å². The van der Waals surface area contributed by atoms with Crippen molar-refractivity contribution in [2.75, 3.05) is 6.61 Å². The van der Waals surface area contributed by atoms with Crippen molar-refractivity contribution in [1.82, 2.24) is 0 Å². The highest BCUT2D eigenvalue weighted by molar-refractivity contribution is 4.93.